The van der Waals surface area contributed by atoms with Crippen molar-refractivity contribution in [3.8, 4) is 0 Å². The molecule has 0 saturated heterocycles. The maximum atomic E-state index is 12.4. The molecule has 15 heavy (non-hydrogen) atoms. The van der Waals surface area contributed by atoms with Crippen molar-refractivity contribution in [3.05, 3.63) is 17.5 Å². The smallest absolute Gasteiger partial charge is 0.263 e. The first kappa shape index (κ1) is 12.3. The Hall–Kier alpha value is -0.760. The van der Waals surface area contributed by atoms with Crippen molar-refractivity contribution in [2.24, 2.45) is 7.05 Å². The summed E-state index contributed by atoms with van der Waals surface area (Å²) in [5.41, 5.74) is -1.56. The second kappa shape index (κ2) is 3.67. The number of rotatable bonds is 2. The Bertz CT molecular complexity index is 465. The lowest BCUT2D eigenvalue weighted by molar-refractivity contribution is -0.144. The highest BCUT2D eigenvalue weighted by Gasteiger charge is 2.38. The lowest BCUT2D eigenvalue weighted by atomic mass is 10.3. The summed E-state index contributed by atoms with van der Waals surface area (Å²) in [6, 6.07) is 0. The first-order chi connectivity index (χ1) is 6.61. The van der Waals surface area contributed by atoms with Gasteiger partial charge in [0.1, 0.15) is 5.69 Å². The molecule has 0 amide bonds. The number of halogens is 4. The standard InChI is InChI=1S/C6H6ClF3N2O2S/c1-12-5(6(8,9)10)4(2-11-12)3-15(7,13)14/h2H,3H2,1H3. The Morgan fingerprint density at radius 2 is 2.07 bits per heavy atom. The second-order valence-corrected chi connectivity index (χ2v) is 5.60. The first-order valence-electron chi connectivity index (χ1n) is 3.61. The molecule has 0 aliphatic rings. The number of aryl methyl sites for hydroxylation is 1. The van der Waals surface area contributed by atoms with Gasteiger partial charge < -0.3 is 0 Å². The van der Waals surface area contributed by atoms with Gasteiger partial charge in [-0.25, -0.2) is 8.42 Å². The van der Waals surface area contributed by atoms with Gasteiger partial charge in [0.05, 0.1) is 11.9 Å². The molecule has 1 aromatic rings. The van der Waals surface area contributed by atoms with Gasteiger partial charge >= 0.3 is 6.18 Å². The van der Waals surface area contributed by atoms with E-state index < -0.39 is 32.2 Å². The summed E-state index contributed by atoms with van der Waals surface area (Å²) in [4.78, 5) is 0. The van der Waals surface area contributed by atoms with Crippen LogP contribution < -0.4 is 0 Å². The fourth-order valence-corrected chi connectivity index (χ4v) is 2.08. The third-order valence-electron chi connectivity index (χ3n) is 1.61. The summed E-state index contributed by atoms with van der Waals surface area (Å²) in [6.07, 6.45) is -3.81. The Morgan fingerprint density at radius 3 is 2.47 bits per heavy atom. The summed E-state index contributed by atoms with van der Waals surface area (Å²) in [5, 5.41) is 3.34. The van der Waals surface area contributed by atoms with E-state index in [4.69, 9.17) is 10.7 Å². The largest absolute Gasteiger partial charge is 0.433 e. The van der Waals surface area contributed by atoms with Crippen LogP contribution in [0.4, 0.5) is 13.2 Å². The zero-order chi connectivity index (χ0) is 11.9. The maximum absolute atomic E-state index is 12.4. The number of nitrogens with zero attached hydrogens (tertiary/aromatic N) is 2. The fourth-order valence-electron chi connectivity index (χ4n) is 1.14. The molecule has 0 aliphatic carbocycles. The molecule has 0 fully saturated rings. The van der Waals surface area contributed by atoms with Crippen molar-refractivity contribution in [2.75, 3.05) is 0 Å². The minimum atomic E-state index is -4.65. The molecule has 86 valence electrons. The molecular formula is C6H6ClF3N2O2S. The van der Waals surface area contributed by atoms with E-state index in [1.165, 1.54) is 0 Å². The van der Waals surface area contributed by atoms with E-state index >= 15 is 0 Å². The van der Waals surface area contributed by atoms with Crippen molar-refractivity contribution in [1.82, 2.24) is 9.78 Å². The highest BCUT2D eigenvalue weighted by Crippen LogP contribution is 2.32. The van der Waals surface area contributed by atoms with Crippen molar-refractivity contribution in [2.45, 2.75) is 11.9 Å². The molecule has 0 unspecified atom stereocenters. The Labute approximate surface area is 88.1 Å². The van der Waals surface area contributed by atoms with Crippen molar-refractivity contribution in [3.63, 3.8) is 0 Å². The van der Waals surface area contributed by atoms with Gasteiger partial charge in [-0.1, -0.05) is 0 Å². The minimum Gasteiger partial charge on any atom is -0.263 e. The van der Waals surface area contributed by atoms with E-state index in [0.717, 1.165) is 13.2 Å². The summed E-state index contributed by atoms with van der Waals surface area (Å²) in [6.45, 7) is 0. The average molecular weight is 263 g/mol. The molecular weight excluding hydrogens is 257 g/mol. The lowest BCUT2D eigenvalue weighted by Crippen LogP contribution is -2.15. The van der Waals surface area contributed by atoms with Crippen LogP contribution in [0.15, 0.2) is 6.20 Å². The molecule has 0 bridgehead atoms. The van der Waals surface area contributed by atoms with E-state index in [1.54, 1.807) is 0 Å². The van der Waals surface area contributed by atoms with Crippen LogP contribution in [0.25, 0.3) is 0 Å². The normalized spacial score (nSPS) is 13.1. The molecule has 0 atom stereocenters. The predicted octanol–water partition coefficient (Wildman–Crippen LogP) is 1.51. The first-order valence-corrected chi connectivity index (χ1v) is 6.09. The zero-order valence-corrected chi connectivity index (χ0v) is 8.99. The van der Waals surface area contributed by atoms with Gasteiger partial charge in [0, 0.05) is 23.3 Å². The predicted molar refractivity (Wildman–Crippen MR) is 46.7 cm³/mol. The van der Waals surface area contributed by atoms with Gasteiger partial charge in [-0.05, 0) is 0 Å². The van der Waals surface area contributed by atoms with E-state index in [0.29, 0.717) is 4.68 Å². The summed E-state index contributed by atoms with van der Waals surface area (Å²) in [5.74, 6) is -0.892. The maximum Gasteiger partial charge on any atom is 0.433 e. The van der Waals surface area contributed by atoms with E-state index in [9.17, 15) is 21.6 Å². The van der Waals surface area contributed by atoms with Gasteiger partial charge in [0.15, 0.2) is 0 Å². The van der Waals surface area contributed by atoms with Gasteiger partial charge in [0.25, 0.3) is 0 Å². The van der Waals surface area contributed by atoms with Crippen LogP contribution in [0.5, 0.6) is 0 Å². The zero-order valence-electron chi connectivity index (χ0n) is 7.42. The van der Waals surface area contributed by atoms with Crippen molar-refractivity contribution in [1.29, 1.82) is 0 Å². The molecule has 0 saturated carbocycles. The molecule has 1 aromatic heterocycles. The van der Waals surface area contributed by atoms with Crippen LogP contribution in [0.3, 0.4) is 0 Å². The topological polar surface area (TPSA) is 52.0 Å². The quantitative estimate of drug-likeness (QED) is 0.759. The summed E-state index contributed by atoms with van der Waals surface area (Å²) in [7, 11) is 1.92. The Morgan fingerprint density at radius 1 is 1.53 bits per heavy atom. The van der Waals surface area contributed by atoms with Gasteiger partial charge in [-0.3, -0.25) is 4.68 Å². The summed E-state index contributed by atoms with van der Waals surface area (Å²) >= 11 is 0. The summed E-state index contributed by atoms with van der Waals surface area (Å²) < 4.78 is 59.1. The monoisotopic (exact) mass is 262 g/mol. The fraction of sp³-hybridized carbons (Fsp3) is 0.500. The van der Waals surface area contributed by atoms with Crippen molar-refractivity contribution >= 4 is 19.7 Å². The number of hydrogen-bond donors (Lipinski definition) is 0. The molecule has 4 nitrogen and oxygen atoms in total. The number of aromatic nitrogens is 2. The molecule has 1 heterocycles. The highest BCUT2D eigenvalue weighted by molar-refractivity contribution is 8.13. The molecule has 0 N–H and O–H groups in total. The molecule has 0 aliphatic heterocycles. The molecule has 9 heteroatoms. The molecule has 0 spiro atoms. The molecule has 0 radical (unpaired) electrons. The third-order valence-corrected chi connectivity index (χ3v) is 2.59. The SMILES string of the molecule is Cn1ncc(CS(=O)(=O)Cl)c1C(F)(F)F. The second-order valence-electron chi connectivity index (χ2n) is 2.82. The van der Waals surface area contributed by atoms with E-state index in [-0.39, 0.29) is 0 Å². The van der Waals surface area contributed by atoms with Crippen LogP contribution in [0.2, 0.25) is 0 Å². The number of hydrogen-bond acceptors (Lipinski definition) is 3. The minimum absolute atomic E-state index is 0.458. The van der Waals surface area contributed by atoms with Crippen LogP contribution in [-0.2, 0) is 28.0 Å². The average Bonchev–Trinajstić information content (AvgIpc) is 2.25. The third kappa shape index (κ3) is 3.10. The van der Waals surface area contributed by atoms with Crippen LogP contribution in [0, 0.1) is 0 Å². The van der Waals surface area contributed by atoms with E-state index in [2.05, 4.69) is 5.10 Å². The Balaban J connectivity index is 3.22. The van der Waals surface area contributed by atoms with E-state index in [1.807, 2.05) is 0 Å². The van der Waals surface area contributed by atoms with Gasteiger partial charge in [-0.15, -0.1) is 0 Å². The van der Waals surface area contributed by atoms with Crippen LogP contribution in [-0.4, -0.2) is 18.2 Å². The van der Waals surface area contributed by atoms with Gasteiger partial charge in [0.2, 0.25) is 9.05 Å². The highest BCUT2D eigenvalue weighted by atomic mass is 35.7. The van der Waals surface area contributed by atoms with Crippen LogP contribution >= 0.6 is 10.7 Å². The number of alkyl halides is 3. The lowest BCUT2D eigenvalue weighted by Gasteiger charge is -2.08. The Kier molecular flexibility index (Phi) is 3.01. The molecule has 0 aromatic carbocycles. The van der Waals surface area contributed by atoms with Gasteiger partial charge in [-0.2, -0.15) is 18.3 Å². The van der Waals surface area contributed by atoms with Crippen molar-refractivity contribution < 1.29 is 21.6 Å². The van der Waals surface area contributed by atoms with Crippen LogP contribution in [0.1, 0.15) is 11.3 Å². The molecule has 1 rings (SSSR count).